The van der Waals surface area contributed by atoms with Crippen molar-refractivity contribution >= 4 is 0 Å². The summed E-state index contributed by atoms with van der Waals surface area (Å²) in [5.41, 5.74) is 0. The highest BCUT2D eigenvalue weighted by molar-refractivity contribution is 4.36. The van der Waals surface area contributed by atoms with Crippen LogP contribution in [0.25, 0.3) is 0 Å². The largest absolute Gasteiger partial charge is 1.00 e. The molecule has 0 unspecified atom stereocenters. The van der Waals surface area contributed by atoms with Crippen LogP contribution in [-0.2, 0) is 9.47 Å². The zero-order chi connectivity index (χ0) is 9.45. The molecule has 0 radical (unpaired) electrons. The van der Waals surface area contributed by atoms with Crippen LogP contribution in [0.4, 0.5) is 0 Å². The first-order valence-electron chi connectivity index (χ1n) is 4.50. The third-order valence-corrected chi connectivity index (χ3v) is 2.43. The SMILES string of the molecule is CC[N+](C)(CCOC)CCOC.[Cl-]. The van der Waals surface area contributed by atoms with Gasteiger partial charge in [-0.15, -0.1) is 0 Å². The smallest absolute Gasteiger partial charge is 0.102 e. The molecular weight excluding hydrogens is 190 g/mol. The van der Waals surface area contributed by atoms with E-state index < -0.39 is 0 Å². The van der Waals surface area contributed by atoms with Gasteiger partial charge in [-0.05, 0) is 6.92 Å². The molecule has 0 fully saturated rings. The maximum Gasteiger partial charge on any atom is 0.102 e. The lowest BCUT2D eigenvalue weighted by molar-refractivity contribution is -0.908. The van der Waals surface area contributed by atoms with E-state index in [0.29, 0.717) is 0 Å². The van der Waals surface area contributed by atoms with E-state index in [0.717, 1.165) is 37.3 Å². The lowest BCUT2D eigenvalue weighted by Crippen LogP contribution is -3.00. The van der Waals surface area contributed by atoms with Gasteiger partial charge in [-0.1, -0.05) is 0 Å². The van der Waals surface area contributed by atoms with Crippen molar-refractivity contribution in [3.63, 3.8) is 0 Å². The monoisotopic (exact) mass is 211 g/mol. The van der Waals surface area contributed by atoms with Crippen LogP contribution in [0.3, 0.4) is 0 Å². The Bertz CT molecular complexity index is 104. The molecule has 0 saturated carbocycles. The van der Waals surface area contributed by atoms with Crippen molar-refractivity contribution in [2.45, 2.75) is 6.92 Å². The second-order valence-corrected chi connectivity index (χ2v) is 3.37. The van der Waals surface area contributed by atoms with Gasteiger partial charge in [-0.2, -0.15) is 0 Å². The minimum atomic E-state index is 0. The molecule has 82 valence electrons. The fourth-order valence-corrected chi connectivity index (χ4v) is 1.05. The van der Waals surface area contributed by atoms with Crippen molar-refractivity contribution in [2.24, 2.45) is 0 Å². The van der Waals surface area contributed by atoms with E-state index in [9.17, 15) is 0 Å². The summed E-state index contributed by atoms with van der Waals surface area (Å²) >= 11 is 0. The number of halogens is 1. The molecule has 0 rings (SSSR count). The Balaban J connectivity index is 0. The van der Waals surface area contributed by atoms with Crippen molar-refractivity contribution in [3.05, 3.63) is 0 Å². The molecular formula is C9H22ClNO2. The minimum Gasteiger partial charge on any atom is -1.00 e. The molecule has 0 heterocycles. The molecule has 0 aromatic carbocycles. The molecule has 0 atom stereocenters. The van der Waals surface area contributed by atoms with E-state index in [1.165, 1.54) is 0 Å². The van der Waals surface area contributed by atoms with Crippen molar-refractivity contribution in [1.29, 1.82) is 0 Å². The number of methoxy groups -OCH3 is 2. The Kier molecular flexibility index (Phi) is 10.5. The summed E-state index contributed by atoms with van der Waals surface area (Å²) in [5.74, 6) is 0. The Morgan fingerprint density at radius 2 is 1.38 bits per heavy atom. The van der Waals surface area contributed by atoms with Crippen LogP contribution < -0.4 is 12.4 Å². The lowest BCUT2D eigenvalue weighted by Gasteiger charge is -2.32. The first-order chi connectivity index (χ1) is 5.68. The van der Waals surface area contributed by atoms with Gasteiger partial charge in [-0.25, -0.2) is 0 Å². The van der Waals surface area contributed by atoms with Crippen molar-refractivity contribution in [1.82, 2.24) is 0 Å². The van der Waals surface area contributed by atoms with Crippen LogP contribution in [0, 0.1) is 0 Å². The quantitative estimate of drug-likeness (QED) is 0.443. The number of hydrogen-bond donors (Lipinski definition) is 0. The van der Waals surface area contributed by atoms with E-state index in [4.69, 9.17) is 9.47 Å². The van der Waals surface area contributed by atoms with Crippen LogP contribution in [0.1, 0.15) is 6.92 Å². The molecule has 0 aromatic heterocycles. The zero-order valence-electron chi connectivity index (χ0n) is 9.18. The Morgan fingerprint density at radius 3 is 1.62 bits per heavy atom. The van der Waals surface area contributed by atoms with Gasteiger partial charge in [0.05, 0.1) is 26.8 Å². The number of rotatable bonds is 7. The van der Waals surface area contributed by atoms with Crippen molar-refractivity contribution < 1.29 is 26.4 Å². The number of ether oxygens (including phenoxy) is 2. The van der Waals surface area contributed by atoms with Gasteiger partial charge in [0.2, 0.25) is 0 Å². The van der Waals surface area contributed by atoms with Crippen LogP contribution >= 0.6 is 0 Å². The van der Waals surface area contributed by atoms with Crippen LogP contribution in [0.2, 0.25) is 0 Å². The number of likely N-dealkylation sites (N-methyl/N-ethyl adjacent to an activating group) is 1. The molecule has 4 heteroatoms. The fraction of sp³-hybridized carbons (Fsp3) is 1.00. The molecule has 0 bridgehead atoms. The van der Waals surface area contributed by atoms with Crippen LogP contribution in [0.15, 0.2) is 0 Å². The van der Waals surface area contributed by atoms with Crippen molar-refractivity contribution in [3.8, 4) is 0 Å². The van der Waals surface area contributed by atoms with E-state index in [1.807, 2.05) is 0 Å². The maximum atomic E-state index is 5.06. The van der Waals surface area contributed by atoms with Gasteiger partial charge in [0.25, 0.3) is 0 Å². The second kappa shape index (κ2) is 8.75. The predicted molar refractivity (Wildman–Crippen MR) is 50.2 cm³/mol. The molecule has 3 nitrogen and oxygen atoms in total. The molecule has 0 aliphatic carbocycles. The molecule has 0 saturated heterocycles. The van der Waals surface area contributed by atoms with Gasteiger partial charge in [0.15, 0.2) is 0 Å². The summed E-state index contributed by atoms with van der Waals surface area (Å²) in [6.45, 7) is 7.12. The van der Waals surface area contributed by atoms with E-state index in [1.54, 1.807) is 14.2 Å². The van der Waals surface area contributed by atoms with Crippen molar-refractivity contribution in [2.75, 3.05) is 54.1 Å². The normalized spacial score (nSPS) is 11.1. The van der Waals surface area contributed by atoms with E-state index in [-0.39, 0.29) is 12.4 Å². The van der Waals surface area contributed by atoms with Gasteiger partial charge in [0, 0.05) is 14.2 Å². The summed E-state index contributed by atoms with van der Waals surface area (Å²) in [5, 5.41) is 0. The molecule has 13 heavy (non-hydrogen) atoms. The van der Waals surface area contributed by atoms with Gasteiger partial charge in [0.1, 0.15) is 13.1 Å². The number of nitrogens with zero attached hydrogens (tertiary/aromatic N) is 1. The summed E-state index contributed by atoms with van der Waals surface area (Å²) in [6, 6.07) is 0. The number of hydrogen-bond acceptors (Lipinski definition) is 2. The predicted octanol–water partition coefficient (Wildman–Crippen LogP) is -2.25. The molecule has 0 amide bonds. The average molecular weight is 212 g/mol. The Labute approximate surface area is 88.0 Å². The topological polar surface area (TPSA) is 18.5 Å². The van der Waals surface area contributed by atoms with Gasteiger partial charge < -0.3 is 26.4 Å². The van der Waals surface area contributed by atoms with E-state index >= 15 is 0 Å². The van der Waals surface area contributed by atoms with Gasteiger partial charge in [-0.3, -0.25) is 0 Å². The molecule has 0 aliphatic rings. The summed E-state index contributed by atoms with van der Waals surface area (Å²) in [4.78, 5) is 0. The minimum absolute atomic E-state index is 0. The highest BCUT2D eigenvalue weighted by atomic mass is 35.5. The third-order valence-electron chi connectivity index (χ3n) is 2.43. The van der Waals surface area contributed by atoms with Crippen LogP contribution in [0.5, 0.6) is 0 Å². The first-order valence-corrected chi connectivity index (χ1v) is 4.50. The summed E-state index contributed by atoms with van der Waals surface area (Å²) in [7, 11) is 5.73. The highest BCUT2D eigenvalue weighted by Crippen LogP contribution is 2.00. The fourth-order valence-electron chi connectivity index (χ4n) is 1.05. The second-order valence-electron chi connectivity index (χ2n) is 3.37. The number of quaternary nitrogens is 1. The molecule has 0 aromatic rings. The Hall–Kier alpha value is 0.170. The zero-order valence-corrected chi connectivity index (χ0v) is 9.93. The standard InChI is InChI=1S/C9H22NO2.ClH/c1-5-10(2,6-8-11-3)7-9-12-4;/h5-9H2,1-4H3;1H/q+1;/p-1. The van der Waals surface area contributed by atoms with Gasteiger partial charge >= 0.3 is 0 Å². The average Bonchev–Trinajstić information content (AvgIpc) is 2.11. The molecule has 0 N–H and O–H groups in total. The molecule has 0 aliphatic heterocycles. The third kappa shape index (κ3) is 7.26. The summed E-state index contributed by atoms with van der Waals surface area (Å²) in [6.07, 6.45) is 0. The maximum absolute atomic E-state index is 5.06. The Morgan fingerprint density at radius 1 is 1.00 bits per heavy atom. The molecule has 0 spiro atoms. The highest BCUT2D eigenvalue weighted by Gasteiger charge is 2.17. The lowest BCUT2D eigenvalue weighted by atomic mass is 10.4. The van der Waals surface area contributed by atoms with Crippen LogP contribution in [-0.4, -0.2) is 58.6 Å². The first kappa shape index (κ1) is 15.6. The summed E-state index contributed by atoms with van der Waals surface area (Å²) < 4.78 is 11.2. The van der Waals surface area contributed by atoms with E-state index in [2.05, 4.69) is 14.0 Å².